The third-order valence-electron chi connectivity index (χ3n) is 4.32. The lowest BCUT2D eigenvalue weighted by Gasteiger charge is -2.20. The van der Waals surface area contributed by atoms with Gasteiger partial charge in [0.25, 0.3) is 11.6 Å². The van der Waals surface area contributed by atoms with Crippen LogP contribution in [0.25, 0.3) is 6.08 Å². The van der Waals surface area contributed by atoms with Gasteiger partial charge in [-0.15, -0.1) is 0 Å². The first-order valence-corrected chi connectivity index (χ1v) is 9.32. The fraction of sp³-hybridized carbons (Fsp3) is 0.238. The van der Waals surface area contributed by atoms with Crippen LogP contribution in [-0.4, -0.2) is 37.3 Å². The number of carbonyl (C=O) groups excluding carboxylic acids is 2. The van der Waals surface area contributed by atoms with Gasteiger partial charge in [-0.2, -0.15) is 0 Å². The van der Waals surface area contributed by atoms with Crippen LogP contribution in [0.2, 0.25) is 0 Å². The van der Waals surface area contributed by atoms with Crippen LogP contribution in [0.1, 0.15) is 16.7 Å². The molecule has 0 radical (unpaired) electrons. The smallest absolute Gasteiger partial charge is 0.331 e. The number of nitrogens with two attached hydrogens (primary N) is 1. The van der Waals surface area contributed by atoms with E-state index in [2.05, 4.69) is 0 Å². The van der Waals surface area contributed by atoms with E-state index >= 15 is 0 Å². The summed E-state index contributed by atoms with van der Waals surface area (Å²) in [6.07, 6.45) is 2.70. The average Bonchev–Trinajstić information content (AvgIpc) is 2.79. The van der Waals surface area contributed by atoms with E-state index in [0.29, 0.717) is 33.9 Å². The number of rotatable bonds is 9. The molecule has 2 aromatic rings. The SMILES string of the molecule is COc1cc(/C=C/C(=O)OCc2cc([N+](=O)[O-])cc3c2OCOC3)ccc1OCC(N)=O. The molecule has 2 N–H and O–H groups in total. The summed E-state index contributed by atoms with van der Waals surface area (Å²) in [5.74, 6) is -0.197. The topological polar surface area (TPSA) is 149 Å². The average molecular weight is 444 g/mol. The van der Waals surface area contributed by atoms with Gasteiger partial charge in [-0.1, -0.05) is 6.07 Å². The van der Waals surface area contributed by atoms with Gasteiger partial charge in [0.05, 0.1) is 18.6 Å². The predicted molar refractivity (Wildman–Crippen MR) is 110 cm³/mol. The molecule has 3 rings (SSSR count). The number of nitro groups is 1. The second kappa shape index (κ2) is 10.3. The zero-order valence-electron chi connectivity index (χ0n) is 17.1. The highest BCUT2D eigenvalue weighted by molar-refractivity contribution is 5.87. The molecule has 168 valence electrons. The number of hydrogen-bond acceptors (Lipinski definition) is 9. The van der Waals surface area contributed by atoms with E-state index in [1.807, 2.05) is 0 Å². The van der Waals surface area contributed by atoms with E-state index in [1.165, 1.54) is 31.4 Å². The molecule has 2 aromatic carbocycles. The van der Waals surface area contributed by atoms with E-state index in [1.54, 1.807) is 18.2 Å². The summed E-state index contributed by atoms with van der Waals surface area (Å²) in [6, 6.07) is 7.49. The Morgan fingerprint density at radius 2 is 2.06 bits per heavy atom. The Balaban J connectivity index is 1.67. The van der Waals surface area contributed by atoms with E-state index in [4.69, 9.17) is 29.4 Å². The van der Waals surface area contributed by atoms with Gasteiger partial charge in [0.1, 0.15) is 12.4 Å². The van der Waals surface area contributed by atoms with E-state index < -0.39 is 16.8 Å². The highest BCUT2D eigenvalue weighted by Crippen LogP contribution is 2.33. The number of fused-ring (bicyclic) bond motifs is 1. The highest BCUT2D eigenvalue weighted by atomic mass is 16.7. The molecule has 0 unspecified atom stereocenters. The summed E-state index contributed by atoms with van der Waals surface area (Å²) < 4.78 is 26.2. The minimum Gasteiger partial charge on any atom is -0.493 e. The fourth-order valence-corrected chi connectivity index (χ4v) is 2.91. The monoisotopic (exact) mass is 444 g/mol. The molecule has 1 amide bonds. The van der Waals surface area contributed by atoms with Gasteiger partial charge in [0.2, 0.25) is 0 Å². The van der Waals surface area contributed by atoms with Gasteiger partial charge in [0.15, 0.2) is 24.9 Å². The maximum absolute atomic E-state index is 12.2. The molecule has 1 aliphatic rings. The summed E-state index contributed by atoms with van der Waals surface area (Å²) in [4.78, 5) is 33.6. The van der Waals surface area contributed by atoms with E-state index in [9.17, 15) is 19.7 Å². The number of ether oxygens (including phenoxy) is 5. The first-order chi connectivity index (χ1) is 15.4. The molecule has 0 atom stereocenters. The minimum absolute atomic E-state index is 0.00659. The molecule has 1 heterocycles. The van der Waals surface area contributed by atoms with Gasteiger partial charge in [-0.05, 0) is 23.8 Å². The first-order valence-electron chi connectivity index (χ1n) is 9.32. The molecule has 1 aliphatic heterocycles. The van der Waals surface area contributed by atoms with Crippen molar-refractivity contribution in [2.45, 2.75) is 13.2 Å². The Morgan fingerprint density at radius 1 is 1.25 bits per heavy atom. The Morgan fingerprint density at radius 3 is 2.78 bits per heavy atom. The van der Waals surface area contributed by atoms with Crippen LogP contribution >= 0.6 is 0 Å². The lowest BCUT2D eigenvalue weighted by Crippen LogP contribution is -2.20. The zero-order valence-corrected chi connectivity index (χ0v) is 17.1. The normalized spacial score (nSPS) is 12.5. The number of nitro benzene ring substituents is 1. The summed E-state index contributed by atoms with van der Waals surface area (Å²) in [7, 11) is 1.43. The van der Waals surface area contributed by atoms with Crippen molar-refractivity contribution < 1.29 is 38.2 Å². The zero-order chi connectivity index (χ0) is 23.1. The largest absolute Gasteiger partial charge is 0.493 e. The summed E-state index contributed by atoms with van der Waals surface area (Å²) >= 11 is 0. The maximum Gasteiger partial charge on any atom is 0.331 e. The first kappa shape index (κ1) is 22.6. The molecule has 0 spiro atoms. The van der Waals surface area contributed by atoms with Crippen molar-refractivity contribution in [2.75, 3.05) is 20.5 Å². The number of hydrogen-bond donors (Lipinski definition) is 1. The second-order valence-corrected chi connectivity index (χ2v) is 6.57. The van der Waals surface area contributed by atoms with Crippen molar-refractivity contribution in [1.82, 2.24) is 0 Å². The van der Waals surface area contributed by atoms with E-state index in [0.717, 1.165) is 0 Å². The number of methoxy groups -OCH3 is 1. The summed E-state index contributed by atoms with van der Waals surface area (Å²) in [5, 5.41) is 11.1. The van der Waals surface area contributed by atoms with Crippen molar-refractivity contribution in [3.63, 3.8) is 0 Å². The quantitative estimate of drug-likeness (QED) is 0.265. The molecule has 0 aromatic heterocycles. The van der Waals surface area contributed by atoms with Crippen molar-refractivity contribution in [2.24, 2.45) is 5.73 Å². The van der Waals surface area contributed by atoms with Crippen molar-refractivity contribution in [1.29, 1.82) is 0 Å². The third-order valence-corrected chi connectivity index (χ3v) is 4.32. The Bertz CT molecular complexity index is 1070. The third kappa shape index (κ3) is 5.73. The number of benzene rings is 2. The molecule has 0 saturated carbocycles. The molecule has 11 nitrogen and oxygen atoms in total. The molecule has 0 fully saturated rings. The van der Waals surface area contributed by atoms with Gasteiger partial charge >= 0.3 is 5.97 Å². The number of nitrogens with zero attached hydrogens (tertiary/aromatic N) is 1. The summed E-state index contributed by atoms with van der Waals surface area (Å²) in [6.45, 7) is -0.336. The fourth-order valence-electron chi connectivity index (χ4n) is 2.91. The molecular formula is C21H20N2O9. The standard InChI is InChI=1S/C21H20N2O9/c1-28-18-6-13(2-4-17(18)30-11-19(22)24)3-5-20(25)31-10-15-8-16(23(26)27)7-14-9-29-12-32-21(14)15/h2-8H,9-12H2,1H3,(H2,22,24)/b5-3+. The van der Waals surface area contributed by atoms with Gasteiger partial charge in [-0.3, -0.25) is 14.9 Å². The van der Waals surface area contributed by atoms with Gasteiger partial charge in [0, 0.05) is 29.3 Å². The molecule has 11 heteroatoms. The van der Waals surface area contributed by atoms with Crippen LogP contribution in [0.4, 0.5) is 5.69 Å². The lowest BCUT2D eigenvalue weighted by atomic mass is 10.1. The van der Waals surface area contributed by atoms with Gasteiger partial charge in [-0.25, -0.2) is 4.79 Å². The minimum atomic E-state index is -0.662. The number of carbonyl (C=O) groups is 2. The molecule has 0 bridgehead atoms. The Labute approximate surface area is 182 Å². The molecule has 0 saturated heterocycles. The van der Waals surface area contributed by atoms with Crippen molar-refractivity contribution in [3.05, 3.63) is 63.2 Å². The molecule has 32 heavy (non-hydrogen) atoms. The molecular weight excluding hydrogens is 424 g/mol. The lowest BCUT2D eigenvalue weighted by molar-refractivity contribution is -0.385. The Kier molecular flexibility index (Phi) is 7.24. The summed E-state index contributed by atoms with van der Waals surface area (Å²) in [5.41, 5.74) is 6.40. The number of primary amides is 1. The van der Waals surface area contributed by atoms with Crippen molar-refractivity contribution >= 4 is 23.6 Å². The van der Waals surface area contributed by atoms with Crippen LogP contribution in [0.3, 0.4) is 0 Å². The van der Waals surface area contributed by atoms with Crippen LogP contribution in [0, 0.1) is 10.1 Å². The van der Waals surface area contributed by atoms with Crippen LogP contribution in [0.5, 0.6) is 17.2 Å². The van der Waals surface area contributed by atoms with Crippen LogP contribution in [0.15, 0.2) is 36.4 Å². The number of amides is 1. The second-order valence-electron chi connectivity index (χ2n) is 6.57. The van der Waals surface area contributed by atoms with Gasteiger partial charge < -0.3 is 29.4 Å². The Hall–Kier alpha value is -4.12. The van der Waals surface area contributed by atoms with Crippen molar-refractivity contribution in [3.8, 4) is 17.2 Å². The molecule has 0 aliphatic carbocycles. The number of esters is 1. The maximum atomic E-state index is 12.2. The van der Waals surface area contributed by atoms with Crippen LogP contribution in [-0.2, 0) is 32.3 Å². The predicted octanol–water partition coefficient (Wildman–Crippen LogP) is 2.09. The number of non-ortho nitro benzene ring substituents is 1. The highest BCUT2D eigenvalue weighted by Gasteiger charge is 2.21. The van der Waals surface area contributed by atoms with Crippen LogP contribution < -0.4 is 19.9 Å². The van der Waals surface area contributed by atoms with E-state index in [-0.39, 0.29) is 32.3 Å².